The standard InChI is InChI=1S/C13H20N4/c1-9-6-5-7-11-12(9)17(13(14)15-11)10(2)8-16(3)4/h5-7,10H,8H2,1-4H3,(H2,14,15). The molecule has 2 rings (SSSR count). The van der Waals surface area contributed by atoms with E-state index >= 15 is 0 Å². The molecule has 0 radical (unpaired) electrons. The zero-order valence-electron chi connectivity index (χ0n) is 10.9. The second kappa shape index (κ2) is 4.37. The Kier molecular flexibility index (Phi) is 3.07. The van der Waals surface area contributed by atoms with Crippen molar-refractivity contribution in [2.45, 2.75) is 19.9 Å². The number of nitrogens with zero attached hydrogens (tertiary/aromatic N) is 3. The van der Waals surface area contributed by atoms with Crippen LogP contribution < -0.4 is 5.73 Å². The lowest BCUT2D eigenvalue weighted by Crippen LogP contribution is -2.23. The van der Waals surface area contributed by atoms with Crippen molar-refractivity contribution in [3.63, 3.8) is 0 Å². The lowest BCUT2D eigenvalue weighted by Gasteiger charge is -2.20. The summed E-state index contributed by atoms with van der Waals surface area (Å²) in [5.74, 6) is 0.601. The van der Waals surface area contributed by atoms with Gasteiger partial charge in [-0.05, 0) is 39.6 Å². The fraction of sp³-hybridized carbons (Fsp3) is 0.462. The first kappa shape index (κ1) is 11.9. The number of aryl methyl sites for hydroxylation is 1. The van der Waals surface area contributed by atoms with Gasteiger partial charge in [-0.25, -0.2) is 4.98 Å². The molecule has 0 saturated carbocycles. The summed E-state index contributed by atoms with van der Waals surface area (Å²) < 4.78 is 2.13. The Labute approximate surface area is 102 Å². The van der Waals surface area contributed by atoms with Crippen molar-refractivity contribution in [1.29, 1.82) is 0 Å². The molecule has 1 unspecified atom stereocenters. The van der Waals surface area contributed by atoms with Crippen molar-refractivity contribution in [1.82, 2.24) is 14.5 Å². The number of rotatable bonds is 3. The maximum Gasteiger partial charge on any atom is 0.201 e. The number of likely N-dealkylation sites (N-methyl/N-ethyl adjacent to an activating group) is 1. The van der Waals surface area contributed by atoms with E-state index in [4.69, 9.17) is 5.73 Å². The third kappa shape index (κ3) is 2.13. The maximum absolute atomic E-state index is 6.03. The molecule has 0 aliphatic heterocycles. The minimum Gasteiger partial charge on any atom is -0.369 e. The van der Waals surface area contributed by atoms with Crippen LogP contribution in [-0.2, 0) is 0 Å². The van der Waals surface area contributed by atoms with Gasteiger partial charge in [0, 0.05) is 12.6 Å². The molecule has 0 amide bonds. The van der Waals surface area contributed by atoms with E-state index in [-0.39, 0.29) is 0 Å². The Morgan fingerprint density at radius 1 is 1.41 bits per heavy atom. The SMILES string of the molecule is Cc1cccc2nc(N)n(C(C)CN(C)C)c12. The number of aromatic nitrogens is 2. The molecule has 1 atom stereocenters. The highest BCUT2D eigenvalue weighted by molar-refractivity contribution is 5.81. The minimum atomic E-state index is 0.316. The van der Waals surface area contributed by atoms with E-state index in [1.165, 1.54) is 5.56 Å². The van der Waals surface area contributed by atoms with E-state index in [1.54, 1.807) is 0 Å². The summed E-state index contributed by atoms with van der Waals surface area (Å²) in [5, 5.41) is 0. The summed E-state index contributed by atoms with van der Waals surface area (Å²) in [7, 11) is 4.14. The van der Waals surface area contributed by atoms with E-state index in [0.29, 0.717) is 12.0 Å². The molecule has 0 fully saturated rings. The lowest BCUT2D eigenvalue weighted by atomic mass is 10.2. The zero-order chi connectivity index (χ0) is 12.6. The lowest BCUT2D eigenvalue weighted by molar-refractivity contribution is 0.342. The minimum absolute atomic E-state index is 0.316. The van der Waals surface area contributed by atoms with Gasteiger partial charge in [0.2, 0.25) is 5.95 Å². The number of hydrogen-bond donors (Lipinski definition) is 1. The monoisotopic (exact) mass is 232 g/mol. The molecule has 92 valence electrons. The summed E-state index contributed by atoms with van der Waals surface area (Å²) in [4.78, 5) is 6.59. The van der Waals surface area contributed by atoms with Crippen LogP contribution in [0.15, 0.2) is 18.2 Å². The van der Waals surface area contributed by atoms with Crippen molar-refractivity contribution in [3.05, 3.63) is 23.8 Å². The molecule has 1 heterocycles. The molecule has 0 saturated heterocycles. The van der Waals surface area contributed by atoms with Gasteiger partial charge in [0.15, 0.2) is 0 Å². The fourth-order valence-electron chi connectivity index (χ4n) is 2.40. The van der Waals surface area contributed by atoms with Gasteiger partial charge in [-0.15, -0.1) is 0 Å². The van der Waals surface area contributed by atoms with Gasteiger partial charge in [0.1, 0.15) is 0 Å². The maximum atomic E-state index is 6.03. The second-order valence-electron chi connectivity index (χ2n) is 4.89. The molecule has 1 aromatic carbocycles. The van der Waals surface area contributed by atoms with Gasteiger partial charge >= 0.3 is 0 Å². The smallest absolute Gasteiger partial charge is 0.201 e. The number of hydrogen-bond acceptors (Lipinski definition) is 3. The van der Waals surface area contributed by atoms with E-state index in [1.807, 2.05) is 12.1 Å². The van der Waals surface area contributed by atoms with E-state index < -0.39 is 0 Å². The molecule has 2 N–H and O–H groups in total. The largest absolute Gasteiger partial charge is 0.369 e. The highest BCUT2D eigenvalue weighted by atomic mass is 15.2. The topological polar surface area (TPSA) is 47.1 Å². The molecular formula is C13H20N4. The Hall–Kier alpha value is -1.55. The van der Waals surface area contributed by atoms with Crippen LogP contribution in [0, 0.1) is 6.92 Å². The van der Waals surface area contributed by atoms with Crippen LogP contribution in [0.25, 0.3) is 11.0 Å². The number of benzene rings is 1. The third-order valence-electron chi connectivity index (χ3n) is 3.01. The van der Waals surface area contributed by atoms with Crippen molar-refractivity contribution in [2.75, 3.05) is 26.4 Å². The fourth-order valence-corrected chi connectivity index (χ4v) is 2.40. The number of fused-ring (bicyclic) bond motifs is 1. The predicted octanol–water partition coefficient (Wildman–Crippen LogP) is 2.05. The van der Waals surface area contributed by atoms with Crippen LogP contribution in [0.1, 0.15) is 18.5 Å². The van der Waals surface area contributed by atoms with E-state index in [0.717, 1.165) is 17.6 Å². The van der Waals surface area contributed by atoms with Crippen LogP contribution in [0.2, 0.25) is 0 Å². The van der Waals surface area contributed by atoms with Crippen molar-refractivity contribution in [3.8, 4) is 0 Å². The molecule has 0 aliphatic rings. The third-order valence-corrected chi connectivity index (χ3v) is 3.01. The molecule has 17 heavy (non-hydrogen) atoms. The van der Waals surface area contributed by atoms with Crippen molar-refractivity contribution in [2.24, 2.45) is 0 Å². The van der Waals surface area contributed by atoms with Gasteiger partial charge in [0.25, 0.3) is 0 Å². The van der Waals surface area contributed by atoms with Crippen LogP contribution in [0.3, 0.4) is 0 Å². The van der Waals surface area contributed by atoms with Gasteiger partial charge in [-0.1, -0.05) is 12.1 Å². The van der Waals surface area contributed by atoms with Crippen LogP contribution in [0.5, 0.6) is 0 Å². The Morgan fingerprint density at radius 2 is 2.12 bits per heavy atom. The second-order valence-corrected chi connectivity index (χ2v) is 4.89. The molecule has 2 aromatic rings. The first-order chi connectivity index (χ1) is 8.00. The predicted molar refractivity (Wildman–Crippen MR) is 72.1 cm³/mol. The molecule has 0 aliphatic carbocycles. The molecule has 4 nitrogen and oxygen atoms in total. The van der Waals surface area contributed by atoms with Crippen LogP contribution >= 0.6 is 0 Å². The number of imidazole rings is 1. The van der Waals surface area contributed by atoms with Gasteiger partial charge < -0.3 is 15.2 Å². The quantitative estimate of drug-likeness (QED) is 0.881. The Bertz CT molecular complexity index is 527. The van der Waals surface area contributed by atoms with Crippen LogP contribution in [0.4, 0.5) is 5.95 Å². The van der Waals surface area contributed by atoms with Gasteiger partial charge in [0.05, 0.1) is 11.0 Å². The van der Waals surface area contributed by atoms with Gasteiger partial charge in [-0.2, -0.15) is 0 Å². The zero-order valence-corrected chi connectivity index (χ0v) is 10.9. The van der Waals surface area contributed by atoms with Gasteiger partial charge in [-0.3, -0.25) is 0 Å². The molecule has 0 bridgehead atoms. The average molecular weight is 232 g/mol. The summed E-state index contributed by atoms with van der Waals surface area (Å²) in [6.07, 6.45) is 0. The molecule has 0 spiro atoms. The number of anilines is 1. The van der Waals surface area contributed by atoms with Crippen molar-refractivity contribution >= 4 is 17.0 Å². The number of para-hydroxylation sites is 1. The number of nitrogens with two attached hydrogens (primary N) is 1. The Balaban J connectivity index is 2.56. The van der Waals surface area contributed by atoms with E-state index in [9.17, 15) is 0 Å². The highest BCUT2D eigenvalue weighted by Gasteiger charge is 2.15. The van der Waals surface area contributed by atoms with E-state index in [2.05, 4.69) is 48.5 Å². The molecular weight excluding hydrogens is 212 g/mol. The van der Waals surface area contributed by atoms with Crippen LogP contribution in [-0.4, -0.2) is 35.1 Å². The molecule has 1 aromatic heterocycles. The highest BCUT2D eigenvalue weighted by Crippen LogP contribution is 2.25. The average Bonchev–Trinajstić information content (AvgIpc) is 2.54. The molecule has 4 heteroatoms. The Morgan fingerprint density at radius 3 is 2.76 bits per heavy atom. The van der Waals surface area contributed by atoms with Crippen molar-refractivity contribution < 1.29 is 0 Å². The first-order valence-corrected chi connectivity index (χ1v) is 5.88. The summed E-state index contributed by atoms with van der Waals surface area (Å²) in [6.45, 7) is 5.22. The summed E-state index contributed by atoms with van der Waals surface area (Å²) in [6, 6.07) is 6.45. The summed E-state index contributed by atoms with van der Waals surface area (Å²) in [5.41, 5.74) is 9.38. The first-order valence-electron chi connectivity index (χ1n) is 5.88. The summed E-state index contributed by atoms with van der Waals surface area (Å²) >= 11 is 0. The normalized spacial score (nSPS) is 13.5. The number of nitrogen functional groups attached to an aromatic ring is 1.